The number of benzene rings is 3. The number of carbonyl (C=O) groups excluding carboxylic acids is 1. The van der Waals surface area contributed by atoms with E-state index in [-0.39, 0.29) is 11.3 Å². The number of hydrazone groups is 1. The lowest BCUT2D eigenvalue weighted by Crippen LogP contribution is -2.17. The topological polar surface area (TPSA) is 66.6 Å². The lowest BCUT2D eigenvalue weighted by Gasteiger charge is -2.09. The number of phenols is 1. The zero-order valence-corrected chi connectivity index (χ0v) is 19.1. The lowest BCUT2D eigenvalue weighted by atomic mass is 10.1. The van der Waals surface area contributed by atoms with Crippen LogP contribution in [0.4, 0.5) is 0 Å². The molecule has 0 unspecified atom stereocenters. The van der Waals surface area contributed by atoms with Crippen molar-refractivity contribution in [2.75, 3.05) is 0 Å². The Bertz CT molecular complexity index is 1320. The van der Waals surface area contributed by atoms with Crippen molar-refractivity contribution in [1.82, 2.24) is 9.99 Å². The maximum Gasteiger partial charge on any atom is 0.275 e. The molecule has 5 nitrogen and oxygen atoms in total. The van der Waals surface area contributed by atoms with Gasteiger partial charge in [0.2, 0.25) is 0 Å². The number of hydrogen-bond acceptors (Lipinski definition) is 3. The number of amides is 1. The Balaban J connectivity index is 1.59. The number of rotatable bonds is 4. The van der Waals surface area contributed by atoms with Crippen LogP contribution in [-0.4, -0.2) is 21.8 Å². The fourth-order valence-corrected chi connectivity index (χ4v) is 4.25. The van der Waals surface area contributed by atoms with Gasteiger partial charge in [-0.3, -0.25) is 4.79 Å². The van der Waals surface area contributed by atoms with Crippen LogP contribution < -0.4 is 5.43 Å². The smallest absolute Gasteiger partial charge is 0.275 e. The van der Waals surface area contributed by atoms with Gasteiger partial charge < -0.3 is 9.67 Å². The van der Waals surface area contributed by atoms with Crippen LogP contribution in [0.1, 0.15) is 32.9 Å². The molecule has 0 saturated carbocycles. The average Bonchev–Trinajstić information content (AvgIpc) is 2.97. The Labute approximate surface area is 189 Å². The number of phenolic OH excluding ortho intramolecular Hbond substituents is 1. The SMILES string of the molecule is Cc1ccc(-n2c(C)c(Br)c(/C=N\NC(=O)c3cc4ccccc4cc3O)c2C)cc1. The van der Waals surface area contributed by atoms with E-state index in [9.17, 15) is 9.90 Å². The molecule has 3 aromatic carbocycles. The van der Waals surface area contributed by atoms with Gasteiger partial charge >= 0.3 is 0 Å². The van der Waals surface area contributed by atoms with E-state index >= 15 is 0 Å². The maximum atomic E-state index is 12.6. The fourth-order valence-electron chi connectivity index (χ4n) is 3.68. The molecule has 0 aliphatic heterocycles. The van der Waals surface area contributed by atoms with Gasteiger partial charge in [-0.25, -0.2) is 5.43 Å². The van der Waals surface area contributed by atoms with Crippen molar-refractivity contribution in [1.29, 1.82) is 0 Å². The van der Waals surface area contributed by atoms with E-state index < -0.39 is 5.91 Å². The molecule has 1 amide bonds. The first kappa shape index (κ1) is 20.9. The first-order chi connectivity index (χ1) is 14.9. The molecule has 4 aromatic rings. The molecule has 0 fully saturated rings. The van der Waals surface area contributed by atoms with Gasteiger partial charge in [0.05, 0.1) is 11.8 Å². The Kier molecular flexibility index (Phi) is 5.65. The number of hydrogen-bond donors (Lipinski definition) is 2. The van der Waals surface area contributed by atoms with Gasteiger partial charge in [0.1, 0.15) is 5.75 Å². The zero-order valence-electron chi connectivity index (χ0n) is 17.5. The quantitative estimate of drug-likeness (QED) is 0.289. The van der Waals surface area contributed by atoms with Crippen molar-refractivity contribution < 1.29 is 9.90 Å². The van der Waals surface area contributed by atoms with Crippen LogP contribution in [-0.2, 0) is 0 Å². The number of nitrogens with zero attached hydrogens (tertiary/aromatic N) is 2. The van der Waals surface area contributed by atoms with Crippen molar-refractivity contribution in [2.24, 2.45) is 5.10 Å². The molecule has 0 atom stereocenters. The molecule has 0 aliphatic carbocycles. The van der Waals surface area contributed by atoms with Crippen LogP contribution in [0.2, 0.25) is 0 Å². The highest BCUT2D eigenvalue weighted by Crippen LogP contribution is 2.30. The van der Waals surface area contributed by atoms with E-state index in [2.05, 4.69) is 62.2 Å². The third kappa shape index (κ3) is 3.99. The Morgan fingerprint density at radius 2 is 1.65 bits per heavy atom. The predicted octanol–water partition coefficient (Wildman–Crippen LogP) is 5.79. The van der Waals surface area contributed by atoms with E-state index in [1.165, 1.54) is 5.56 Å². The van der Waals surface area contributed by atoms with Crippen LogP contribution in [0.5, 0.6) is 5.75 Å². The molecule has 31 heavy (non-hydrogen) atoms. The third-order valence-corrected chi connectivity index (χ3v) is 6.38. The predicted molar refractivity (Wildman–Crippen MR) is 128 cm³/mol. The second-order valence-electron chi connectivity index (χ2n) is 7.49. The molecule has 156 valence electrons. The summed E-state index contributed by atoms with van der Waals surface area (Å²) in [4.78, 5) is 12.6. The maximum absolute atomic E-state index is 12.6. The molecular weight excluding hydrogens is 454 g/mol. The Morgan fingerprint density at radius 1 is 1.00 bits per heavy atom. The lowest BCUT2D eigenvalue weighted by molar-refractivity contribution is 0.0952. The molecule has 0 saturated heterocycles. The van der Waals surface area contributed by atoms with Crippen LogP contribution in [0.25, 0.3) is 16.5 Å². The zero-order chi connectivity index (χ0) is 22.1. The second-order valence-corrected chi connectivity index (χ2v) is 8.28. The van der Waals surface area contributed by atoms with Crippen molar-refractivity contribution >= 4 is 38.8 Å². The molecule has 2 N–H and O–H groups in total. The van der Waals surface area contributed by atoms with Crippen molar-refractivity contribution in [3.63, 3.8) is 0 Å². The normalized spacial score (nSPS) is 11.4. The highest BCUT2D eigenvalue weighted by atomic mass is 79.9. The molecule has 0 aliphatic rings. The van der Waals surface area contributed by atoms with E-state index in [1.807, 2.05) is 38.1 Å². The second kappa shape index (κ2) is 8.40. The van der Waals surface area contributed by atoms with Gasteiger partial charge in [0.15, 0.2) is 0 Å². The largest absolute Gasteiger partial charge is 0.507 e. The van der Waals surface area contributed by atoms with E-state index in [0.29, 0.717) is 0 Å². The van der Waals surface area contributed by atoms with Crippen LogP contribution >= 0.6 is 15.9 Å². The van der Waals surface area contributed by atoms with E-state index in [1.54, 1.807) is 18.3 Å². The van der Waals surface area contributed by atoms with Gasteiger partial charge in [-0.2, -0.15) is 5.10 Å². The van der Waals surface area contributed by atoms with E-state index in [0.717, 1.165) is 37.9 Å². The summed E-state index contributed by atoms with van der Waals surface area (Å²) in [6.45, 7) is 6.10. The molecule has 0 bridgehead atoms. The summed E-state index contributed by atoms with van der Waals surface area (Å²) >= 11 is 3.65. The summed E-state index contributed by atoms with van der Waals surface area (Å²) in [5.74, 6) is -0.548. The minimum atomic E-state index is -0.469. The summed E-state index contributed by atoms with van der Waals surface area (Å²) in [5, 5.41) is 16.1. The molecule has 1 aromatic heterocycles. The number of halogens is 1. The molecular formula is C25H22BrN3O2. The monoisotopic (exact) mass is 475 g/mol. The summed E-state index contributed by atoms with van der Waals surface area (Å²) in [7, 11) is 0. The minimum Gasteiger partial charge on any atom is -0.507 e. The van der Waals surface area contributed by atoms with Crippen LogP contribution in [0.15, 0.2) is 70.2 Å². The van der Waals surface area contributed by atoms with Gasteiger partial charge in [0, 0.05) is 27.1 Å². The van der Waals surface area contributed by atoms with E-state index in [4.69, 9.17) is 0 Å². The number of aromatic nitrogens is 1. The van der Waals surface area contributed by atoms with Gasteiger partial charge in [0.25, 0.3) is 5.91 Å². The summed E-state index contributed by atoms with van der Waals surface area (Å²) in [6.07, 6.45) is 1.62. The Morgan fingerprint density at radius 3 is 2.32 bits per heavy atom. The number of nitrogens with one attached hydrogen (secondary N) is 1. The van der Waals surface area contributed by atoms with Gasteiger partial charge in [-0.15, -0.1) is 0 Å². The summed E-state index contributed by atoms with van der Waals surface area (Å²) in [5.41, 5.74) is 7.88. The average molecular weight is 476 g/mol. The molecule has 6 heteroatoms. The van der Waals surface area contributed by atoms with Crippen LogP contribution in [0.3, 0.4) is 0 Å². The summed E-state index contributed by atoms with van der Waals surface area (Å²) in [6, 6.07) is 19.1. The van der Waals surface area contributed by atoms with Gasteiger partial charge in [-0.1, -0.05) is 42.0 Å². The van der Waals surface area contributed by atoms with Crippen molar-refractivity contribution in [3.05, 3.63) is 93.2 Å². The first-order valence-corrected chi connectivity index (χ1v) is 10.7. The van der Waals surface area contributed by atoms with Gasteiger partial charge in [-0.05, 0) is 71.7 Å². The first-order valence-electron chi connectivity index (χ1n) is 9.86. The van der Waals surface area contributed by atoms with Crippen LogP contribution in [0, 0.1) is 20.8 Å². The molecule has 4 rings (SSSR count). The standard InChI is InChI=1S/C25H22BrN3O2/c1-15-8-10-20(11-9-15)29-16(2)22(24(26)17(29)3)14-27-28-25(31)21-12-18-6-4-5-7-19(18)13-23(21)30/h4-14,30H,1-3H3,(H,28,31)/b27-14-. The number of carbonyl (C=O) groups is 1. The Hall–Kier alpha value is -3.38. The molecule has 0 spiro atoms. The minimum absolute atomic E-state index is 0.0786. The summed E-state index contributed by atoms with van der Waals surface area (Å²) < 4.78 is 3.05. The molecule has 1 heterocycles. The highest BCUT2D eigenvalue weighted by Gasteiger charge is 2.16. The number of aromatic hydroxyl groups is 1. The third-order valence-electron chi connectivity index (χ3n) is 5.38. The number of aryl methyl sites for hydroxylation is 1. The van der Waals surface area contributed by atoms with Crippen molar-refractivity contribution in [3.8, 4) is 11.4 Å². The highest BCUT2D eigenvalue weighted by molar-refractivity contribution is 9.10. The fraction of sp³-hybridized carbons (Fsp3) is 0.120. The van der Waals surface area contributed by atoms with Crippen molar-refractivity contribution in [2.45, 2.75) is 20.8 Å². The number of fused-ring (bicyclic) bond motifs is 1. The molecule has 0 radical (unpaired) electrons.